The Kier molecular flexibility index (Phi) is 3.25. The lowest BCUT2D eigenvalue weighted by Crippen LogP contribution is -2.28. The fourth-order valence-corrected chi connectivity index (χ4v) is 1.07. The summed E-state index contributed by atoms with van der Waals surface area (Å²) in [4.78, 5) is 16.6. The van der Waals surface area contributed by atoms with Crippen LogP contribution in [0.3, 0.4) is 0 Å². The summed E-state index contributed by atoms with van der Waals surface area (Å²) in [6, 6.07) is 0. The van der Waals surface area contributed by atoms with Crippen molar-refractivity contribution in [2.45, 2.75) is 6.54 Å². The van der Waals surface area contributed by atoms with E-state index in [4.69, 9.17) is 11.6 Å². The smallest absolute Gasteiger partial charge is 0.237 e. The third-order valence-electron chi connectivity index (χ3n) is 1.72. The molecule has 13 heavy (non-hydrogen) atoms. The van der Waals surface area contributed by atoms with E-state index in [2.05, 4.69) is 10.1 Å². The van der Waals surface area contributed by atoms with Crippen molar-refractivity contribution in [3.05, 3.63) is 12.2 Å². The number of amides is 1. The Morgan fingerprint density at radius 3 is 2.92 bits per heavy atom. The minimum atomic E-state index is -0.121. The van der Waals surface area contributed by atoms with Gasteiger partial charge in [0.25, 0.3) is 0 Å². The van der Waals surface area contributed by atoms with Gasteiger partial charge in [-0.25, -0.2) is 4.98 Å². The summed E-state index contributed by atoms with van der Waals surface area (Å²) in [5.74, 6) is 0.611. The Bertz CT molecular complexity index is 298. The Balaban J connectivity index is 2.59. The molecule has 72 valence electrons. The summed E-state index contributed by atoms with van der Waals surface area (Å²) >= 11 is 5.39. The number of rotatable bonds is 3. The van der Waals surface area contributed by atoms with Gasteiger partial charge < -0.3 is 4.90 Å². The summed E-state index contributed by atoms with van der Waals surface area (Å²) in [5, 5.41) is 3.89. The molecule has 1 aromatic heterocycles. The van der Waals surface area contributed by atoms with Crippen molar-refractivity contribution in [1.29, 1.82) is 0 Å². The molecule has 1 rings (SSSR count). The van der Waals surface area contributed by atoms with Crippen LogP contribution in [0.25, 0.3) is 0 Å². The van der Waals surface area contributed by atoms with Gasteiger partial charge >= 0.3 is 0 Å². The maximum Gasteiger partial charge on any atom is 0.237 e. The second-order valence-corrected chi connectivity index (χ2v) is 2.95. The first kappa shape index (κ1) is 9.98. The average molecular weight is 203 g/mol. The van der Waals surface area contributed by atoms with E-state index in [-0.39, 0.29) is 11.8 Å². The molecule has 6 heteroatoms. The third-order valence-corrected chi connectivity index (χ3v) is 1.95. The summed E-state index contributed by atoms with van der Waals surface area (Å²) in [5.41, 5.74) is 0. The highest BCUT2D eigenvalue weighted by Gasteiger charge is 2.09. The quantitative estimate of drug-likeness (QED) is 0.649. The molecule has 0 radical (unpaired) electrons. The molecule has 0 aliphatic rings. The lowest BCUT2D eigenvalue weighted by Gasteiger charge is -2.14. The molecular formula is C7H11ClN4O. The number of carbonyl (C=O) groups is 1. The van der Waals surface area contributed by atoms with Crippen LogP contribution >= 0.6 is 11.6 Å². The van der Waals surface area contributed by atoms with E-state index in [0.29, 0.717) is 6.54 Å². The Hall–Kier alpha value is -1.10. The first-order valence-electron chi connectivity index (χ1n) is 3.78. The van der Waals surface area contributed by atoms with Crippen LogP contribution in [0.2, 0.25) is 0 Å². The summed E-state index contributed by atoms with van der Waals surface area (Å²) in [7, 11) is 3.46. The maximum absolute atomic E-state index is 11.1. The first-order valence-corrected chi connectivity index (χ1v) is 4.31. The van der Waals surface area contributed by atoms with Crippen LogP contribution in [0.4, 0.5) is 0 Å². The fourth-order valence-electron chi connectivity index (χ4n) is 0.866. The molecule has 0 aliphatic heterocycles. The van der Waals surface area contributed by atoms with Crippen LogP contribution in [0, 0.1) is 0 Å². The van der Waals surface area contributed by atoms with Gasteiger partial charge in [0.05, 0.1) is 6.54 Å². The molecule has 0 unspecified atom stereocenters. The van der Waals surface area contributed by atoms with E-state index in [1.807, 2.05) is 0 Å². The van der Waals surface area contributed by atoms with Gasteiger partial charge in [0.1, 0.15) is 18.0 Å². The zero-order chi connectivity index (χ0) is 9.84. The van der Waals surface area contributed by atoms with E-state index < -0.39 is 0 Å². The Morgan fingerprint density at radius 1 is 1.77 bits per heavy atom. The molecule has 0 aliphatic carbocycles. The topological polar surface area (TPSA) is 51.0 Å². The van der Waals surface area contributed by atoms with Gasteiger partial charge in [-0.2, -0.15) is 5.10 Å². The standard InChI is InChI=1S/C7H11ClN4O/c1-11(7(13)3-8)4-6-9-5-10-12(6)2/h5H,3-4H2,1-2H3. The Labute approximate surface area is 81.3 Å². The van der Waals surface area contributed by atoms with Gasteiger partial charge in [-0.05, 0) is 0 Å². The molecule has 1 aromatic rings. The minimum Gasteiger partial charge on any atom is -0.337 e. The predicted molar refractivity (Wildman–Crippen MR) is 48.2 cm³/mol. The number of alkyl halides is 1. The van der Waals surface area contributed by atoms with E-state index in [0.717, 1.165) is 5.82 Å². The van der Waals surface area contributed by atoms with Crippen LogP contribution in [-0.2, 0) is 18.4 Å². The largest absolute Gasteiger partial charge is 0.337 e. The molecular weight excluding hydrogens is 192 g/mol. The van der Waals surface area contributed by atoms with Crippen molar-refractivity contribution < 1.29 is 4.79 Å². The van der Waals surface area contributed by atoms with Crippen LogP contribution in [-0.4, -0.2) is 38.5 Å². The molecule has 5 nitrogen and oxygen atoms in total. The molecule has 0 N–H and O–H groups in total. The number of nitrogens with zero attached hydrogens (tertiary/aromatic N) is 4. The number of hydrogen-bond donors (Lipinski definition) is 0. The van der Waals surface area contributed by atoms with E-state index in [1.54, 1.807) is 18.8 Å². The highest BCUT2D eigenvalue weighted by atomic mass is 35.5. The molecule has 0 atom stereocenters. The Morgan fingerprint density at radius 2 is 2.46 bits per heavy atom. The molecule has 0 fully saturated rings. The van der Waals surface area contributed by atoms with Crippen molar-refractivity contribution in [2.24, 2.45) is 7.05 Å². The highest BCUT2D eigenvalue weighted by Crippen LogP contribution is 1.98. The number of aryl methyl sites for hydroxylation is 1. The highest BCUT2D eigenvalue weighted by molar-refractivity contribution is 6.27. The molecule has 0 spiro atoms. The van der Waals surface area contributed by atoms with Crippen LogP contribution < -0.4 is 0 Å². The molecule has 1 heterocycles. The molecule has 0 saturated carbocycles. The van der Waals surface area contributed by atoms with Gasteiger partial charge in [0.15, 0.2) is 0 Å². The lowest BCUT2D eigenvalue weighted by molar-refractivity contribution is -0.127. The fraction of sp³-hybridized carbons (Fsp3) is 0.571. The van der Waals surface area contributed by atoms with Crippen molar-refractivity contribution in [2.75, 3.05) is 12.9 Å². The van der Waals surface area contributed by atoms with Crippen LogP contribution in [0.5, 0.6) is 0 Å². The number of hydrogen-bond acceptors (Lipinski definition) is 3. The van der Waals surface area contributed by atoms with Gasteiger partial charge in [0.2, 0.25) is 5.91 Å². The molecule has 1 amide bonds. The molecule has 0 saturated heterocycles. The van der Waals surface area contributed by atoms with Crippen molar-refractivity contribution in [3.63, 3.8) is 0 Å². The molecule has 0 aromatic carbocycles. The van der Waals surface area contributed by atoms with Gasteiger partial charge in [-0.1, -0.05) is 0 Å². The monoisotopic (exact) mass is 202 g/mol. The van der Waals surface area contributed by atoms with E-state index in [9.17, 15) is 4.79 Å². The number of aromatic nitrogens is 3. The normalized spacial score (nSPS) is 10.1. The number of halogens is 1. The number of carbonyl (C=O) groups excluding carboxylic acids is 1. The lowest BCUT2D eigenvalue weighted by atomic mass is 10.5. The van der Waals surface area contributed by atoms with Crippen LogP contribution in [0.15, 0.2) is 6.33 Å². The zero-order valence-corrected chi connectivity index (χ0v) is 8.32. The third kappa shape index (κ3) is 2.42. The van der Waals surface area contributed by atoms with Crippen molar-refractivity contribution >= 4 is 17.5 Å². The maximum atomic E-state index is 11.1. The van der Waals surface area contributed by atoms with Crippen molar-refractivity contribution in [1.82, 2.24) is 19.7 Å². The van der Waals surface area contributed by atoms with E-state index in [1.165, 1.54) is 11.2 Å². The van der Waals surface area contributed by atoms with E-state index >= 15 is 0 Å². The first-order chi connectivity index (χ1) is 6.15. The summed E-state index contributed by atoms with van der Waals surface area (Å²) in [6.07, 6.45) is 1.45. The summed E-state index contributed by atoms with van der Waals surface area (Å²) in [6.45, 7) is 0.433. The second kappa shape index (κ2) is 4.23. The predicted octanol–water partition coefficient (Wildman–Crippen LogP) is 0.0123. The van der Waals surface area contributed by atoms with Gasteiger partial charge in [-0.15, -0.1) is 11.6 Å². The van der Waals surface area contributed by atoms with Crippen LogP contribution in [0.1, 0.15) is 5.82 Å². The second-order valence-electron chi connectivity index (χ2n) is 2.68. The van der Waals surface area contributed by atoms with Gasteiger partial charge in [-0.3, -0.25) is 9.48 Å². The average Bonchev–Trinajstić information content (AvgIpc) is 2.50. The van der Waals surface area contributed by atoms with Gasteiger partial charge in [0, 0.05) is 14.1 Å². The summed E-state index contributed by atoms with van der Waals surface area (Å²) < 4.78 is 1.62. The minimum absolute atomic E-state index is 0.00560. The molecule has 0 bridgehead atoms. The van der Waals surface area contributed by atoms with Crippen molar-refractivity contribution in [3.8, 4) is 0 Å². The SMILES string of the molecule is CN(Cc1ncnn1C)C(=O)CCl. The zero-order valence-electron chi connectivity index (χ0n) is 7.57.